The normalized spacial score (nSPS) is 12.4. The summed E-state index contributed by atoms with van der Waals surface area (Å²) < 4.78 is 50.3. The first-order valence-electron chi connectivity index (χ1n) is 22.3. The summed E-state index contributed by atoms with van der Waals surface area (Å²) in [7, 11) is 5.96. The molecule has 11 heteroatoms. The lowest BCUT2D eigenvalue weighted by Crippen LogP contribution is -2.16. The average Bonchev–Trinajstić information content (AvgIpc) is 3.24. The molecule has 0 heterocycles. The van der Waals surface area contributed by atoms with Crippen molar-refractivity contribution in [3.63, 3.8) is 0 Å². The van der Waals surface area contributed by atoms with Gasteiger partial charge in [-0.15, -0.1) is 0 Å². The van der Waals surface area contributed by atoms with Crippen LogP contribution in [0.15, 0.2) is 54.6 Å². The molecule has 3 N–H and O–H groups in total. The molecular weight excluding hydrogens is 771 g/mol. The van der Waals surface area contributed by atoms with Crippen LogP contribution in [-0.2, 0) is 64.3 Å². The van der Waals surface area contributed by atoms with E-state index in [4.69, 9.17) is 37.9 Å². The molecule has 1 aliphatic carbocycles. The lowest BCUT2D eigenvalue weighted by molar-refractivity contribution is 0.108. The zero-order chi connectivity index (χ0) is 43.2. The summed E-state index contributed by atoms with van der Waals surface area (Å²) in [5.41, 5.74) is 12.2. The van der Waals surface area contributed by atoms with E-state index in [0.29, 0.717) is 125 Å². The van der Waals surface area contributed by atoms with E-state index in [9.17, 15) is 0 Å². The monoisotopic (exact) mass is 842 g/mol. The number of para-hydroxylation sites is 1. The van der Waals surface area contributed by atoms with Crippen LogP contribution in [0, 0.1) is 0 Å². The van der Waals surface area contributed by atoms with Gasteiger partial charge in [-0.2, -0.15) is 0 Å². The van der Waals surface area contributed by atoms with E-state index in [-0.39, 0.29) is 0 Å². The topological polar surface area (TPSA) is 110 Å². The fourth-order valence-electron chi connectivity index (χ4n) is 8.05. The van der Waals surface area contributed by atoms with Gasteiger partial charge in [-0.1, -0.05) is 54.6 Å². The Morgan fingerprint density at radius 3 is 0.852 bits per heavy atom. The molecule has 0 radical (unpaired) electrons. The van der Waals surface area contributed by atoms with Gasteiger partial charge in [0.15, 0.2) is 0 Å². The van der Waals surface area contributed by atoms with Crippen molar-refractivity contribution in [3.05, 3.63) is 116 Å². The van der Waals surface area contributed by atoms with E-state index in [0.717, 1.165) is 67.5 Å². The predicted octanol–water partition coefficient (Wildman–Crippen LogP) is 7.18. The number of hydrogen-bond donors (Lipinski definition) is 3. The minimum Gasteiger partial charge on any atom is -0.491 e. The zero-order valence-corrected chi connectivity index (χ0v) is 37.9. The molecule has 0 saturated heterocycles. The highest BCUT2D eigenvalue weighted by molar-refractivity contribution is 5.58. The highest BCUT2D eigenvalue weighted by atomic mass is 16.5. The molecule has 8 bridgehead atoms. The maximum absolute atomic E-state index is 6.84. The number of rotatable bonds is 26. The Labute approximate surface area is 365 Å². The molecular formula is C50H71N3O8. The first-order chi connectivity index (χ1) is 30.0. The van der Waals surface area contributed by atoms with Crippen molar-refractivity contribution in [3.8, 4) is 23.0 Å². The minimum absolute atomic E-state index is 0.422. The van der Waals surface area contributed by atoms with Crippen LogP contribution < -0.4 is 34.9 Å². The number of fused-ring (bicyclic) bond motifs is 8. The Hall–Kier alpha value is -4.20. The van der Waals surface area contributed by atoms with Crippen molar-refractivity contribution in [2.45, 2.75) is 73.0 Å². The molecule has 0 spiro atoms. The number of ether oxygens (including phenoxy) is 8. The summed E-state index contributed by atoms with van der Waals surface area (Å²) >= 11 is 0. The molecule has 11 nitrogen and oxygen atoms in total. The SMILES string of the molecule is CCOCCOc1c2cccc1Cc1cc(CNC)cc(c1OCCOCC)Cc1cc(CNC)cc(c1OCCOCC)Cc1cc(CNC)cc(c1OCCOCC)C2. The highest BCUT2D eigenvalue weighted by Gasteiger charge is 2.24. The number of benzene rings is 4. The van der Waals surface area contributed by atoms with Gasteiger partial charge < -0.3 is 53.8 Å². The highest BCUT2D eigenvalue weighted by Crippen LogP contribution is 2.40. The Morgan fingerprint density at radius 1 is 0.361 bits per heavy atom. The fourth-order valence-corrected chi connectivity index (χ4v) is 8.05. The second-order valence-corrected chi connectivity index (χ2v) is 15.1. The number of hydrogen-bond acceptors (Lipinski definition) is 11. The third-order valence-corrected chi connectivity index (χ3v) is 10.5. The van der Waals surface area contributed by atoms with Gasteiger partial charge in [-0.05, 0) is 110 Å². The number of nitrogens with one attached hydrogen (secondary N) is 3. The van der Waals surface area contributed by atoms with Gasteiger partial charge in [-0.25, -0.2) is 0 Å². The van der Waals surface area contributed by atoms with Gasteiger partial charge in [0, 0.05) is 71.7 Å². The molecule has 5 rings (SSSR count). The Balaban J connectivity index is 1.83. The van der Waals surface area contributed by atoms with Crippen molar-refractivity contribution in [2.24, 2.45) is 0 Å². The minimum atomic E-state index is 0.422. The Bertz CT molecular complexity index is 1820. The first-order valence-corrected chi connectivity index (χ1v) is 22.3. The third kappa shape index (κ3) is 14.2. The molecule has 0 amide bonds. The molecule has 0 aromatic heterocycles. The van der Waals surface area contributed by atoms with E-state index in [1.807, 2.05) is 48.8 Å². The summed E-state index contributed by atoms with van der Waals surface area (Å²) in [5.74, 6) is 3.46. The quantitative estimate of drug-likeness (QED) is 0.0493. The maximum atomic E-state index is 6.84. The second kappa shape index (κ2) is 26.3. The van der Waals surface area contributed by atoms with E-state index < -0.39 is 0 Å². The van der Waals surface area contributed by atoms with Gasteiger partial charge in [0.1, 0.15) is 49.4 Å². The largest absolute Gasteiger partial charge is 0.491 e. The van der Waals surface area contributed by atoms with Gasteiger partial charge in [-0.3, -0.25) is 0 Å². The standard InChI is InChI=1S/C50H71N3O8/c1-8-54-15-19-58-47-39-13-12-14-40(47)30-42-24-37(34-52-6)26-44(49(42)60-21-17-56-10-3)32-46-28-38(35-53-7)27-45(50(46)61-22-18-57-11-4)31-43-25-36(33-51-5)23-41(29-39)48(43)59-20-16-55-9-2/h12-14,23-28,51-53H,8-11,15-22,29-35H2,1-7H3. The van der Waals surface area contributed by atoms with Crippen molar-refractivity contribution >= 4 is 0 Å². The smallest absolute Gasteiger partial charge is 0.126 e. The summed E-state index contributed by atoms with van der Waals surface area (Å²) in [6, 6.07) is 20.2. The van der Waals surface area contributed by atoms with Gasteiger partial charge >= 0.3 is 0 Å². The molecule has 0 fully saturated rings. The molecule has 4 aromatic rings. The van der Waals surface area contributed by atoms with Crippen molar-refractivity contribution in [1.29, 1.82) is 0 Å². The van der Waals surface area contributed by atoms with Crippen LogP contribution in [0.4, 0.5) is 0 Å². The van der Waals surface area contributed by atoms with Gasteiger partial charge in [0.25, 0.3) is 0 Å². The van der Waals surface area contributed by atoms with Crippen LogP contribution in [-0.4, -0.2) is 100 Å². The molecule has 334 valence electrons. The van der Waals surface area contributed by atoms with Crippen molar-refractivity contribution < 1.29 is 37.9 Å². The molecule has 0 aliphatic heterocycles. The van der Waals surface area contributed by atoms with Crippen LogP contribution >= 0.6 is 0 Å². The van der Waals surface area contributed by atoms with E-state index in [1.54, 1.807) is 0 Å². The summed E-state index contributed by atoms with van der Waals surface area (Å²) in [5, 5.41) is 10.2. The van der Waals surface area contributed by atoms with Crippen molar-refractivity contribution in [1.82, 2.24) is 16.0 Å². The average molecular weight is 842 g/mol. The third-order valence-electron chi connectivity index (χ3n) is 10.5. The van der Waals surface area contributed by atoms with E-state index in [2.05, 4.69) is 70.5 Å². The first kappa shape index (κ1) is 47.8. The summed E-state index contributed by atoms with van der Waals surface area (Å²) in [6.07, 6.45) is 2.36. The van der Waals surface area contributed by atoms with Crippen LogP contribution in [0.1, 0.15) is 88.9 Å². The maximum Gasteiger partial charge on any atom is 0.126 e. The molecule has 0 saturated carbocycles. The van der Waals surface area contributed by atoms with Crippen LogP contribution in [0.3, 0.4) is 0 Å². The van der Waals surface area contributed by atoms with E-state index >= 15 is 0 Å². The van der Waals surface area contributed by atoms with Crippen LogP contribution in [0.25, 0.3) is 0 Å². The molecule has 1 aliphatic rings. The Kier molecular flexibility index (Phi) is 20.6. The lowest BCUT2D eigenvalue weighted by Gasteiger charge is -2.24. The van der Waals surface area contributed by atoms with Gasteiger partial charge in [0.2, 0.25) is 0 Å². The van der Waals surface area contributed by atoms with Crippen LogP contribution in [0.2, 0.25) is 0 Å². The Morgan fingerprint density at radius 2 is 0.607 bits per heavy atom. The van der Waals surface area contributed by atoms with Crippen molar-refractivity contribution in [2.75, 3.05) is 100 Å². The molecule has 0 unspecified atom stereocenters. The van der Waals surface area contributed by atoms with Crippen LogP contribution in [0.5, 0.6) is 23.0 Å². The molecule has 0 atom stereocenters. The van der Waals surface area contributed by atoms with Gasteiger partial charge in [0.05, 0.1) is 26.4 Å². The second-order valence-electron chi connectivity index (χ2n) is 15.1. The van der Waals surface area contributed by atoms with E-state index in [1.165, 1.54) is 16.7 Å². The summed E-state index contributed by atoms with van der Waals surface area (Å²) in [4.78, 5) is 0. The fraction of sp³-hybridized carbons (Fsp3) is 0.520. The summed E-state index contributed by atoms with van der Waals surface area (Å²) in [6.45, 7) is 16.3. The molecule has 61 heavy (non-hydrogen) atoms. The lowest BCUT2D eigenvalue weighted by atomic mass is 9.89. The predicted molar refractivity (Wildman–Crippen MR) is 243 cm³/mol. The zero-order valence-electron chi connectivity index (χ0n) is 37.9. The molecule has 4 aromatic carbocycles.